The highest BCUT2D eigenvalue weighted by molar-refractivity contribution is 6.20. The number of hydrogen-bond acceptors (Lipinski definition) is 5. The topological polar surface area (TPSA) is 77.8 Å². The molecule has 1 atom stereocenters. The molecule has 7 nitrogen and oxygen atoms in total. The fourth-order valence-electron chi connectivity index (χ4n) is 3.77. The molecular formula is C21H31ClN2O5. The van der Waals surface area contributed by atoms with E-state index in [2.05, 4.69) is 0 Å². The lowest BCUT2D eigenvalue weighted by atomic mass is 9.93. The third-order valence-electron chi connectivity index (χ3n) is 5.57. The van der Waals surface area contributed by atoms with E-state index in [1.54, 1.807) is 44.2 Å². The normalized spacial score (nSPS) is 16.7. The second kappa shape index (κ2) is 9.30. The Hall–Kier alpha value is -1.86. The number of carbonyl (C=O) groups is 3. The molecule has 0 unspecified atom stereocenters. The molecule has 8 heteroatoms. The van der Waals surface area contributed by atoms with Crippen LogP contribution >= 0.6 is 11.6 Å². The van der Waals surface area contributed by atoms with Gasteiger partial charge in [-0.3, -0.25) is 9.59 Å². The maximum absolute atomic E-state index is 13.2. The molecule has 0 radical (unpaired) electrons. The highest BCUT2D eigenvalue weighted by Crippen LogP contribution is 2.26. The number of aromatic nitrogens is 1. The molecule has 1 saturated heterocycles. The Morgan fingerprint density at radius 1 is 1.31 bits per heavy atom. The zero-order valence-corrected chi connectivity index (χ0v) is 18.9. The van der Waals surface area contributed by atoms with Crippen molar-refractivity contribution in [2.45, 2.75) is 46.6 Å². The summed E-state index contributed by atoms with van der Waals surface area (Å²) in [5.74, 6) is -0.751. The average molecular weight is 427 g/mol. The fourth-order valence-corrected chi connectivity index (χ4v) is 3.88. The van der Waals surface area contributed by atoms with Crippen LogP contribution in [-0.2, 0) is 21.3 Å². The number of Topliss-reactive ketones (excluding diaryl/α,β-unsaturated/α-hetero) is 1. The van der Waals surface area contributed by atoms with Crippen molar-refractivity contribution in [2.24, 2.45) is 12.5 Å². The molecule has 0 N–H and O–H groups in total. The number of amides is 1. The van der Waals surface area contributed by atoms with Crippen LogP contribution in [0.1, 0.15) is 58.8 Å². The smallest absolute Gasteiger partial charge is 0.354 e. The molecule has 0 aliphatic carbocycles. The molecule has 0 spiro atoms. The van der Waals surface area contributed by atoms with Gasteiger partial charge in [0.25, 0.3) is 0 Å². The molecule has 1 aliphatic rings. The summed E-state index contributed by atoms with van der Waals surface area (Å²) >= 11 is 6.01. The summed E-state index contributed by atoms with van der Waals surface area (Å²) in [4.78, 5) is 40.0. The fraction of sp³-hybridized carbons (Fsp3) is 0.667. The first-order valence-corrected chi connectivity index (χ1v) is 10.3. The Morgan fingerprint density at radius 2 is 1.97 bits per heavy atom. The third kappa shape index (κ3) is 4.83. The Morgan fingerprint density at radius 3 is 2.48 bits per heavy atom. The Kier molecular flexibility index (Phi) is 7.51. The maximum Gasteiger partial charge on any atom is 0.354 e. The van der Waals surface area contributed by atoms with Crippen LogP contribution in [0.4, 0.5) is 0 Å². The lowest BCUT2D eigenvalue weighted by Crippen LogP contribution is -2.47. The van der Waals surface area contributed by atoms with E-state index in [1.165, 1.54) is 7.11 Å². The number of hydrogen-bond donors (Lipinski definition) is 0. The van der Waals surface area contributed by atoms with E-state index in [1.807, 2.05) is 0 Å². The minimum atomic E-state index is -0.793. The SMILES string of the molecule is COC(=O)c1c(C)c(C(=O)CN(C[C@H]2CCCO2)C(=O)C(C)(C)CCl)c(C)n1C. The van der Waals surface area contributed by atoms with Gasteiger partial charge in [0.05, 0.1) is 25.2 Å². The standard InChI is InChI=1S/C21H31ClN2O5/c1-13-17(14(2)23(5)18(13)19(26)28-6)16(25)11-24(10-15-8-7-9-29-15)20(27)21(3,4)12-22/h15H,7-12H2,1-6H3/t15-/m1/s1. The van der Waals surface area contributed by atoms with Crippen molar-refractivity contribution in [3.8, 4) is 0 Å². The Bertz CT molecular complexity index is 793. The molecule has 1 aliphatic heterocycles. The molecule has 1 amide bonds. The van der Waals surface area contributed by atoms with Crippen molar-refractivity contribution in [1.29, 1.82) is 0 Å². The number of rotatable bonds is 8. The van der Waals surface area contributed by atoms with Crippen LogP contribution in [0.25, 0.3) is 0 Å². The second-order valence-electron chi connectivity index (χ2n) is 8.25. The summed E-state index contributed by atoms with van der Waals surface area (Å²) in [7, 11) is 3.03. The summed E-state index contributed by atoms with van der Waals surface area (Å²) in [5.41, 5.74) is 1.21. The second-order valence-corrected chi connectivity index (χ2v) is 8.51. The van der Waals surface area contributed by atoms with Gasteiger partial charge in [0, 0.05) is 37.3 Å². The molecule has 1 fully saturated rings. The van der Waals surface area contributed by atoms with E-state index >= 15 is 0 Å². The number of carbonyl (C=O) groups excluding carboxylic acids is 3. The van der Waals surface area contributed by atoms with Crippen LogP contribution in [0.2, 0.25) is 0 Å². The van der Waals surface area contributed by atoms with Crippen molar-refractivity contribution in [3.63, 3.8) is 0 Å². The van der Waals surface area contributed by atoms with E-state index in [0.717, 1.165) is 12.8 Å². The molecule has 162 valence electrons. The van der Waals surface area contributed by atoms with E-state index in [-0.39, 0.29) is 30.2 Å². The minimum absolute atomic E-state index is 0.0820. The van der Waals surface area contributed by atoms with Crippen LogP contribution in [-0.4, -0.2) is 65.9 Å². The van der Waals surface area contributed by atoms with Crippen molar-refractivity contribution in [2.75, 3.05) is 32.7 Å². The number of methoxy groups -OCH3 is 1. The number of esters is 1. The number of nitrogens with zero attached hydrogens (tertiary/aromatic N) is 2. The van der Waals surface area contributed by atoms with Crippen LogP contribution in [0.15, 0.2) is 0 Å². The van der Waals surface area contributed by atoms with Crippen LogP contribution in [0.5, 0.6) is 0 Å². The molecule has 0 saturated carbocycles. The molecule has 1 aromatic rings. The van der Waals surface area contributed by atoms with Gasteiger partial charge in [-0.2, -0.15) is 0 Å². The van der Waals surface area contributed by atoms with Gasteiger partial charge in [-0.05, 0) is 46.1 Å². The highest BCUT2D eigenvalue weighted by atomic mass is 35.5. The average Bonchev–Trinajstić information content (AvgIpc) is 3.26. The van der Waals surface area contributed by atoms with Gasteiger partial charge in [0.1, 0.15) is 5.69 Å². The van der Waals surface area contributed by atoms with Gasteiger partial charge in [-0.15, -0.1) is 11.6 Å². The molecule has 29 heavy (non-hydrogen) atoms. The van der Waals surface area contributed by atoms with Gasteiger partial charge >= 0.3 is 5.97 Å². The number of alkyl halides is 1. The van der Waals surface area contributed by atoms with Gasteiger partial charge in [0.15, 0.2) is 5.78 Å². The van der Waals surface area contributed by atoms with Crippen molar-refractivity contribution >= 4 is 29.3 Å². The lowest BCUT2D eigenvalue weighted by molar-refractivity contribution is -0.140. The maximum atomic E-state index is 13.2. The van der Waals surface area contributed by atoms with Crippen molar-refractivity contribution < 1.29 is 23.9 Å². The highest BCUT2D eigenvalue weighted by Gasteiger charge is 2.35. The summed E-state index contributed by atoms with van der Waals surface area (Å²) in [6.45, 7) is 7.96. The van der Waals surface area contributed by atoms with Gasteiger partial charge in [-0.1, -0.05) is 0 Å². The zero-order chi connectivity index (χ0) is 21.9. The summed E-state index contributed by atoms with van der Waals surface area (Å²) in [6.07, 6.45) is 1.72. The van der Waals surface area contributed by atoms with E-state index in [9.17, 15) is 14.4 Å². The number of ketones is 1. The minimum Gasteiger partial charge on any atom is -0.464 e. The Balaban J connectivity index is 2.34. The molecule has 0 bridgehead atoms. The van der Waals surface area contributed by atoms with Gasteiger partial charge in [-0.25, -0.2) is 4.79 Å². The van der Waals surface area contributed by atoms with Crippen LogP contribution in [0, 0.1) is 19.3 Å². The largest absolute Gasteiger partial charge is 0.464 e. The third-order valence-corrected chi connectivity index (χ3v) is 6.24. The Labute approximate surface area is 177 Å². The van der Waals surface area contributed by atoms with Crippen molar-refractivity contribution in [3.05, 3.63) is 22.5 Å². The van der Waals surface area contributed by atoms with Crippen LogP contribution in [0.3, 0.4) is 0 Å². The monoisotopic (exact) mass is 426 g/mol. The molecular weight excluding hydrogens is 396 g/mol. The zero-order valence-electron chi connectivity index (χ0n) is 18.1. The first-order valence-electron chi connectivity index (χ1n) is 9.79. The van der Waals surface area contributed by atoms with E-state index in [4.69, 9.17) is 21.1 Å². The van der Waals surface area contributed by atoms with E-state index in [0.29, 0.717) is 35.7 Å². The quantitative estimate of drug-likeness (QED) is 0.363. The predicted octanol–water partition coefficient (Wildman–Crippen LogP) is 2.88. The predicted molar refractivity (Wildman–Crippen MR) is 111 cm³/mol. The summed E-state index contributed by atoms with van der Waals surface area (Å²) in [6, 6.07) is 0. The molecule has 2 heterocycles. The van der Waals surface area contributed by atoms with Crippen LogP contribution < -0.4 is 0 Å². The summed E-state index contributed by atoms with van der Waals surface area (Å²) < 4.78 is 12.2. The summed E-state index contributed by atoms with van der Waals surface area (Å²) in [5, 5.41) is 0. The first kappa shape index (κ1) is 23.4. The first-order chi connectivity index (χ1) is 13.5. The number of ether oxygens (including phenoxy) is 2. The van der Waals surface area contributed by atoms with Crippen molar-refractivity contribution in [1.82, 2.24) is 9.47 Å². The number of halogens is 1. The van der Waals surface area contributed by atoms with E-state index < -0.39 is 11.4 Å². The molecule has 1 aromatic heterocycles. The molecule has 2 rings (SSSR count). The molecule has 0 aromatic carbocycles. The van der Waals surface area contributed by atoms with Gasteiger partial charge in [0.2, 0.25) is 5.91 Å². The van der Waals surface area contributed by atoms with Gasteiger partial charge < -0.3 is 18.9 Å². The lowest BCUT2D eigenvalue weighted by Gasteiger charge is -2.32.